The van der Waals surface area contributed by atoms with Crippen LogP contribution in [0, 0.1) is 5.82 Å². The van der Waals surface area contributed by atoms with Gasteiger partial charge in [-0.15, -0.1) is 11.8 Å². The number of rotatable bonds is 4. The van der Waals surface area contributed by atoms with Gasteiger partial charge in [0.25, 0.3) is 0 Å². The quantitative estimate of drug-likeness (QED) is 0.906. The number of carbonyl (C=O) groups is 2. The zero-order valence-corrected chi connectivity index (χ0v) is 15.3. The number of nitrogens with one attached hydrogen (secondary N) is 1. The van der Waals surface area contributed by atoms with E-state index in [0.717, 1.165) is 5.56 Å². The summed E-state index contributed by atoms with van der Waals surface area (Å²) in [4.78, 5) is 27.6. The molecule has 1 fully saturated rings. The van der Waals surface area contributed by atoms with Gasteiger partial charge in [-0.1, -0.05) is 12.1 Å². The first-order chi connectivity index (χ1) is 11.2. The molecule has 0 unspecified atom stereocenters. The molecule has 0 bridgehead atoms. The lowest BCUT2D eigenvalue weighted by atomic mass is 10.1. The highest BCUT2D eigenvalue weighted by atomic mass is 32.2. The topological polar surface area (TPSA) is 52.7 Å². The van der Waals surface area contributed by atoms with Crippen LogP contribution in [0.2, 0.25) is 0 Å². The van der Waals surface area contributed by atoms with Crippen LogP contribution in [-0.4, -0.2) is 53.2 Å². The predicted octanol–water partition coefficient (Wildman–Crippen LogP) is 2.84. The molecule has 1 heterocycles. The molecule has 5 nitrogen and oxygen atoms in total. The molecule has 0 radical (unpaired) electrons. The standard InChI is InChI=1S/C17H24FN3O2S/c1-17(2,3)19-16(23)20(4)9-10-21-14(22)11-24-15(21)12-5-7-13(18)8-6-12/h5-8,15H,9-11H2,1-4H3,(H,19,23)/t15-/m0/s1. The van der Waals surface area contributed by atoms with Crippen LogP contribution < -0.4 is 5.32 Å². The minimum atomic E-state index is -0.304. The molecule has 1 aromatic carbocycles. The van der Waals surface area contributed by atoms with Crippen LogP contribution in [0.3, 0.4) is 0 Å². The maximum atomic E-state index is 13.1. The van der Waals surface area contributed by atoms with Gasteiger partial charge in [-0.3, -0.25) is 4.79 Å². The van der Waals surface area contributed by atoms with E-state index in [1.807, 2.05) is 20.8 Å². The van der Waals surface area contributed by atoms with Crippen molar-refractivity contribution in [2.75, 3.05) is 25.9 Å². The summed E-state index contributed by atoms with van der Waals surface area (Å²) in [5, 5.41) is 2.76. The summed E-state index contributed by atoms with van der Waals surface area (Å²) in [7, 11) is 1.71. The zero-order chi connectivity index (χ0) is 17.9. The number of benzene rings is 1. The van der Waals surface area contributed by atoms with Crippen LogP contribution in [0.5, 0.6) is 0 Å². The Morgan fingerprint density at radius 1 is 1.38 bits per heavy atom. The van der Waals surface area contributed by atoms with Gasteiger partial charge in [-0.2, -0.15) is 0 Å². The number of nitrogens with zero attached hydrogens (tertiary/aromatic N) is 2. The summed E-state index contributed by atoms with van der Waals surface area (Å²) >= 11 is 1.52. The summed E-state index contributed by atoms with van der Waals surface area (Å²) < 4.78 is 13.1. The van der Waals surface area contributed by atoms with E-state index in [0.29, 0.717) is 18.8 Å². The van der Waals surface area contributed by atoms with Crippen molar-refractivity contribution in [3.8, 4) is 0 Å². The number of carbonyl (C=O) groups excluding carboxylic acids is 2. The molecule has 1 aromatic rings. The average molecular weight is 353 g/mol. The lowest BCUT2D eigenvalue weighted by Crippen LogP contribution is -2.49. The molecule has 3 amide bonds. The lowest BCUT2D eigenvalue weighted by Gasteiger charge is -2.29. The van der Waals surface area contributed by atoms with Crippen LogP contribution in [-0.2, 0) is 4.79 Å². The van der Waals surface area contributed by atoms with Gasteiger partial charge in [-0.05, 0) is 38.5 Å². The fourth-order valence-corrected chi connectivity index (χ4v) is 3.59. The van der Waals surface area contributed by atoms with Gasteiger partial charge >= 0.3 is 6.03 Å². The molecule has 1 aliphatic rings. The Hall–Kier alpha value is -1.76. The predicted molar refractivity (Wildman–Crippen MR) is 94.2 cm³/mol. The van der Waals surface area contributed by atoms with Crippen molar-refractivity contribution in [3.05, 3.63) is 35.6 Å². The SMILES string of the molecule is CN(CCN1C(=O)CS[C@H]1c1ccc(F)cc1)C(=O)NC(C)(C)C. The summed E-state index contributed by atoms with van der Waals surface area (Å²) in [5.41, 5.74) is 0.593. The molecule has 1 N–H and O–H groups in total. The fraction of sp³-hybridized carbons (Fsp3) is 0.529. The van der Waals surface area contributed by atoms with E-state index < -0.39 is 0 Å². The van der Waals surface area contributed by atoms with E-state index in [-0.39, 0.29) is 28.7 Å². The van der Waals surface area contributed by atoms with Crippen LogP contribution in [0.4, 0.5) is 9.18 Å². The highest BCUT2D eigenvalue weighted by Gasteiger charge is 2.33. The van der Waals surface area contributed by atoms with E-state index >= 15 is 0 Å². The number of amides is 3. The molecule has 1 aliphatic heterocycles. The molecule has 24 heavy (non-hydrogen) atoms. The largest absolute Gasteiger partial charge is 0.333 e. The lowest BCUT2D eigenvalue weighted by molar-refractivity contribution is -0.128. The Morgan fingerprint density at radius 3 is 2.58 bits per heavy atom. The fourth-order valence-electron chi connectivity index (χ4n) is 2.37. The minimum Gasteiger partial charge on any atom is -0.333 e. The highest BCUT2D eigenvalue weighted by molar-refractivity contribution is 8.00. The van der Waals surface area contributed by atoms with Crippen LogP contribution >= 0.6 is 11.8 Å². The molecule has 0 aromatic heterocycles. The molecule has 1 saturated heterocycles. The molecule has 2 rings (SSSR count). The third kappa shape index (κ3) is 4.87. The van der Waals surface area contributed by atoms with Gasteiger partial charge < -0.3 is 15.1 Å². The van der Waals surface area contributed by atoms with Gasteiger partial charge in [0.05, 0.1) is 5.75 Å². The number of hydrogen-bond acceptors (Lipinski definition) is 3. The van der Waals surface area contributed by atoms with Gasteiger partial charge in [0, 0.05) is 25.7 Å². The van der Waals surface area contributed by atoms with Crippen molar-refractivity contribution in [2.24, 2.45) is 0 Å². The Labute approximate surface area is 146 Å². The smallest absolute Gasteiger partial charge is 0.317 e. The van der Waals surface area contributed by atoms with Crippen molar-refractivity contribution < 1.29 is 14.0 Å². The number of likely N-dealkylation sites (N-methyl/N-ethyl adjacent to an activating group) is 1. The number of hydrogen-bond donors (Lipinski definition) is 1. The van der Waals surface area contributed by atoms with Crippen molar-refractivity contribution >= 4 is 23.7 Å². The second-order valence-electron chi connectivity index (χ2n) is 6.90. The number of thioether (sulfide) groups is 1. The number of urea groups is 1. The maximum absolute atomic E-state index is 13.1. The average Bonchev–Trinajstić information content (AvgIpc) is 2.85. The first-order valence-electron chi connectivity index (χ1n) is 7.87. The van der Waals surface area contributed by atoms with E-state index in [2.05, 4.69) is 5.32 Å². The molecule has 1 atom stereocenters. The molecule has 0 saturated carbocycles. The van der Waals surface area contributed by atoms with E-state index in [1.54, 1.807) is 29.0 Å². The second kappa shape index (κ2) is 7.42. The molecule has 0 spiro atoms. The van der Waals surface area contributed by atoms with E-state index in [9.17, 15) is 14.0 Å². The highest BCUT2D eigenvalue weighted by Crippen LogP contribution is 2.38. The van der Waals surface area contributed by atoms with Gasteiger partial charge in [0.15, 0.2) is 0 Å². The van der Waals surface area contributed by atoms with Crippen LogP contribution in [0.25, 0.3) is 0 Å². The maximum Gasteiger partial charge on any atom is 0.317 e. The van der Waals surface area contributed by atoms with E-state index in [1.165, 1.54) is 23.9 Å². The van der Waals surface area contributed by atoms with E-state index in [4.69, 9.17) is 0 Å². The first-order valence-corrected chi connectivity index (χ1v) is 8.92. The van der Waals surface area contributed by atoms with Crippen LogP contribution in [0.1, 0.15) is 31.7 Å². The molecule has 0 aliphatic carbocycles. The third-order valence-electron chi connectivity index (χ3n) is 3.63. The van der Waals surface area contributed by atoms with Gasteiger partial charge in [0.1, 0.15) is 11.2 Å². The Balaban J connectivity index is 1.97. The molecular formula is C17H24FN3O2S. The normalized spacial score (nSPS) is 18.0. The zero-order valence-electron chi connectivity index (χ0n) is 14.5. The summed E-state index contributed by atoms with van der Waals surface area (Å²) in [6, 6.07) is 6.04. The van der Waals surface area contributed by atoms with Crippen molar-refractivity contribution in [2.45, 2.75) is 31.7 Å². The van der Waals surface area contributed by atoms with Crippen molar-refractivity contribution in [1.29, 1.82) is 0 Å². The second-order valence-corrected chi connectivity index (χ2v) is 7.97. The first kappa shape index (κ1) is 18.6. The summed E-state index contributed by atoms with van der Waals surface area (Å²) in [5.74, 6) is 0.150. The summed E-state index contributed by atoms with van der Waals surface area (Å²) in [6.45, 7) is 6.64. The molecule has 7 heteroatoms. The van der Waals surface area contributed by atoms with Crippen LogP contribution in [0.15, 0.2) is 24.3 Å². The van der Waals surface area contributed by atoms with Gasteiger partial charge in [-0.25, -0.2) is 9.18 Å². The van der Waals surface area contributed by atoms with Crippen molar-refractivity contribution in [3.63, 3.8) is 0 Å². The summed E-state index contributed by atoms with van der Waals surface area (Å²) in [6.07, 6.45) is 0. The Morgan fingerprint density at radius 2 is 2.00 bits per heavy atom. The van der Waals surface area contributed by atoms with Crippen molar-refractivity contribution in [1.82, 2.24) is 15.1 Å². The van der Waals surface area contributed by atoms with Gasteiger partial charge in [0.2, 0.25) is 5.91 Å². The minimum absolute atomic E-state index is 0.0407. The monoisotopic (exact) mass is 353 g/mol. The molecule has 132 valence electrons. The Bertz CT molecular complexity index is 601. The number of halogens is 1. The third-order valence-corrected chi connectivity index (χ3v) is 4.88. The molecular weight excluding hydrogens is 329 g/mol. The Kier molecular flexibility index (Phi) is 5.74.